The van der Waals surface area contributed by atoms with Gasteiger partial charge in [0, 0.05) is 0 Å². The van der Waals surface area contributed by atoms with E-state index in [0.29, 0.717) is 0 Å². The van der Waals surface area contributed by atoms with E-state index in [1.165, 1.54) is 0 Å². The van der Waals surface area contributed by atoms with Crippen LogP contribution in [0.1, 0.15) is 33.4 Å². The monoisotopic (exact) mass is 586 g/mol. The summed E-state index contributed by atoms with van der Waals surface area (Å²) in [6, 6.07) is 32.3. The summed E-state index contributed by atoms with van der Waals surface area (Å²) in [7, 11) is 0. The molecule has 1 aliphatic carbocycles. The molecule has 0 bridgehead atoms. The molecule has 0 spiro atoms. The molecule has 2 unspecified atom stereocenters. The van der Waals surface area contributed by atoms with Gasteiger partial charge in [-0.1, -0.05) is 97.1 Å². The van der Waals surface area contributed by atoms with Gasteiger partial charge in [-0.15, -0.1) is 0 Å². The van der Waals surface area contributed by atoms with Crippen LogP contribution in [0.15, 0.2) is 97.1 Å². The largest absolute Gasteiger partial charge is 0.505 e. The number of fused-ring (bicyclic) bond motifs is 3. The fraction of sp³-hybridized carbons (Fsp3) is 0.212. The summed E-state index contributed by atoms with van der Waals surface area (Å²) in [6.07, 6.45) is -5.75. The molecule has 10 heteroatoms. The third kappa shape index (κ3) is 6.37. The molecule has 0 heterocycles. The third-order valence-corrected chi connectivity index (χ3v) is 7.31. The van der Waals surface area contributed by atoms with Crippen LogP contribution < -0.4 is 0 Å². The Kier molecular flexibility index (Phi) is 9.03. The molecule has 0 amide bonds. The van der Waals surface area contributed by atoms with E-state index in [-0.39, 0.29) is 13.2 Å². The van der Waals surface area contributed by atoms with Crippen LogP contribution in [0.3, 0.4) is 0 Å². The second kappa shape index (κ2) is 13.1. The summed E-state index contributed by atoms with van der Waals surface area (Å²) >= 11 is 0. The molecule has 4 N–H and O–H groups in total. The summed E-state index contributed by atoms with van der Waals surface area (Å²) in [5.74, 6) is 0. The Bertz CT molecular complexity index is 1450. The molecular weight excluding hydrogens is 556 g/mol. The summed E-state index contributed by atoms with van der Waals surface area (Å²) < 4.78 is 19.4. The van der Waals surface area contributed by atoms with Gasteiger partial charge in [0.15, 0.2) is 12.6 Å². The molecule has 0 aliphatic heterocycles. The van der Waals surface area contributed by atoms with E-state index >= 15 is 0 Å². The van der Waals surface area contributed by atoms with E-state index in [0.717, 1.165) is 44.5 Å². The van der Waals surface area contributed by atoms with Crippen molar-refractivity contribution in [2.24, 2.45) is 0 Å². The SMILES string of the molecule is O=C(O)OCC(O)OCc1ccc(C2(c3ccc(COC(O)COC(=O)O)cc3)c3ccccc3-c3ccccc32)cc1. The highest BCUT2D eigenvalue weighted by Crippen LogP contribution is 2.55. The first kappa shape index (κ1) is 29.7. The van der Waals surface area contributed by atoms with Gasteiger partial charge in [0.25, 0.3) is 0 Å². The van der Waals surface area contributed by atoms with Crippen molar-refractivity contribution in [1.82, 2.24) is 0 Å². The Morgan fingerprint density at radius 2 is 0.953 bits per heavy atom. The maximum absolute atomic E-state index is 10.6. The van der Waals surface area contributed by atoms with Crippen LogP contribution in [-0.4, -0.2) is 58.5 Å². The first-order valence-electron chi connectivity index (χ1n) is 13.5. The van der Waals surface area contributed by atoms with Crippen molar-refractivity contribution in [2.45, 2.75) is 31.2 Å². The highest BCUT2D eigenvalue weighted by molar-refractivity contribution is 5.86. The van der Waals surface area contributed by atoms with E-state index in [4.69, 9.17) is 19.7 Å². The molecule has 2 atom stereocenters. The molecule has 0 fully saturated rings. The van der Waals surface area contributed by atoms with Gasteiger partial charge in [-0.2, -0.15) is 0 Å². The molecule has 4 aromatic carbocycles. The molecule has 5 rings (SSSR count). The Hall–Kier alpha value is -4.74. The summed E-state index contributed by atoms with van der Waals surface area (Å²) in [5, 5.41) is 37.0. The maximum atomic E-state index is 10.6. The molecule has 0 saturated carbocycles. The van der Waals surface area contributed by atoms with E-state index < -0.39 is 43.5 Å². The number of carboxylic acid groups (broad SMARTS) is 2. The van der Waals surface area contributed by atoms with Crippen molar-refractivity contribution in [3.05, 3.63) is 130 Å². The summed E-state index contributed by atoms with van der Waals surface area (Å²) in [5.41, 5.74) is 7.41. The van der Waals surface area contributed by atoms with Crippen molar-refractivity contribution in [3.63, 3.8) is 0 Å². The lowest BCUT2D eigenvalue weighted by Gasteiger charge is -2.34. The number of hydrogen-bond acceptors (Lipinski definition) is 8. The van der Waals surface area contributed by atoms with Gasteiger partial charge >= 0.3 is 12.3 Å². The summed E-state index contributed by atoms with van der Waals surface area (Å²) in [6.45, 7) is -0.855. The Morgan fingerprint density at radius 1 is 0.581 bits per heavy atom. The lowest BCUT2D eigenvalue weighted by Crippen LogP contribution is -2.28. The van der Waals surface area contributed by atoms with Gasteiger partial charge in [0.2, 0.25) is 0 Å². The van der Waals surface area contributed by atoms with Crippen molar-refractivity contribution in [2.75, 3.05) is 13.2 Å². The predicted octanol–water partition coefficient (Wildman–Crippen LogP) is 5.11. The standard InChI is InChI=1S/C33H30O10/c34-29(19-42-31(36)37)40-17-21-9-13-23(14-10-21)33(27-7-3-1-5-25(27)26-6-2-4-8-28(26)33)24-15-11-22(12-16-24)18-41-30(35)20-43-32(38)39/h1-16,29-30,34-35H,17-20H2,(H,36,37)(H,38,39). The van der Waals surface area contributed by atoms with Gasteiger partial charge in [0.05, 0.1) is 18.6 Å². The molecular formula is C33H30O10. The quantitative estimate of drug-likeness (QED) is 0.115. The smallest absolute Gasteiger partial charge is 0.450 e. The minimum absolute atomic E-state index is 0.0582. The number of ether oxygens (including phenoxy) is 4. The molecule has 10 nitrogen and oxygen atoms in total. The first-order chi connectivity index (χ1) is 20.8. The molecule has 0 radical (unpaired) electrons. The molecule has 0 aromatic heterocycles. The molecule has 1 aliphatic rings. The minimum Gasteiger partial charge on any atom is -0.450 e. The van der Waals surface area contributed by atoms with E-state index in [1.807, 2.05) is 72.8 Å². The fourth-order valence-corrected chi connectivity index (χ4v) is 5.49. The van der Waals surface area contributed by atoms with Gasteiger partial charge < -0.3 is 39.4 Å². The van der Waals surface area contributed by atoms with E-state index in [9.17, 15) is 19.8 Å². The first-order valence-corrected chi connectivity index (χ1v) is 13.5. The highest BCUT2D eigenvalue weighted by atomic mass is 16.7. The third-order valence-electron chi connectivity index (χ3n) is 7.31. The molecule has 4 aromatic rings. The minimum atomic E-state index is -1.49. The number of carbonyl (C=O) groups is 2. The van der Waals surface area contributed by atoms with Crippen LogP contribution in [0, 0.1) is 0 Å². The van der Waals surface area contributed by atoms with E-state index in [2.05, 4.69) is 33.7 Å². The van der Waals surface area contributed by atoms with Crippen LogP contribution in [0.25, 0.3) is 11.1 Å². The van der Waals surface area contributed by atoms with Crippen molar-refractivity contribution < 1.29 is 49.0 Å². The van der Waals surface area contributed by atoms with Crippen LogP contribution in [0.4, 0.5) is 9.59 Å². The van der Waals surface area contributed by atoms with Gasteiger partial charge in [-0.05, 0) is 44.5 Å². The molecule has 222 valence electrons. The zero-order chi connectivity index (χ0) is 30.4. The van der Waals surface area contributed by atoms with Crippen LogP contribution >= 0.6 is 0 Å². The van der Waals surface area contributed by atoms with Crippen molar-refractivity contribution >= 4 is 12.3 Å². The van der Waals surface area contributed by atoms with Gasteiger partial charge in [-0.25, -0.2) is 9.59 Å². The van der Waals surface area contributed by atoms with E-state index in [1.54, 1.807) is 0 Å². The van der Waals surface area contributed by atoms with Gasteiger partial charge in [-0.3, -0.25) is 0 Å². The highest BCUT2D eigenvalue weighted by Gasteiger charge is 2.45. The Morgan fingerprint density at radius 3 is 1.33 bits per heavy atom. The fourth-order valence-electron chi connectivity index (χ4n) is 5.49. The van der Waals surface area contributed by atoms with Crippen molar-refractivity contribution in [1.29, 1.82) is 0 Å². The molecule has 0 saturated heterocycles. The van der Waals surface area contributed by atoms with Crippen LogP contribution in [0.5, 0.6) is 0 Å². The van der Waals surface area contributed by atoms with Crippen molar-refractivity contribution in [3.8, 4) is 11.1 Å². The molecule has 43 heavy (non-hydrogen) atoms. The van der Waals surface area contributed by atoms with Gasteiger partial charge in [0.1, 0.15) is 13.2 Å². The zero-order valence-corrected chi connectivity index (χ0v) is 23.0. The predicted molar refractivity (Wildman–Crippen MR) is 153 cm³/mol. The normalized spacial score (nSPS) is 14.3. The Labute approximate surface area is 247 Å². The van der Waals surface area contributed by atoms with Crippen LogP contribution in [-0.2, 0) is 37.6 Å². The Balaban J connectivity index is 1.47. The zero-order valence-electron chi connectivity index (χ0n) is 23.0. The second-order valence-corrected chi connectivity index (χ2v) is 9.92. The number of aliphatic hydroxyl groups is 2. The number of aliphatic hydroxyl groups excluding tert-OH is 2. The lowest BCUT2D eigenvalue weighted by molar-refractivity contribution is -0.136. The maximum Gasteiger partial charge on any atom is 0.505 e. The average molecular weight is 587 g/mol. The summed E-state index contributed by atoms with van der Waals surface area (Å²) in [4.78, 5) is 21.1. The number of hydrogen-bond donors (Lipinski definition) is 4. The lowest BCUT2D eigenvalue weighted by atomic mass is 9.67. The second-order valence-electron chi connectivity index (χ2n) is 9.92. The van der Waals surface area contributed by atoms with Crippen LogP contribution in [0.2, 0.25) is 0 Å². The topological polar surface area (TPSA) is 152 Å². The number of rotatable bonds is 12. The average Bonchev–Trinajstić information content (AvgIpc) is 3.32. The number of benzene rings is 4.